The Balaban J connectivity index is 1.61. The van der Waals surface area contributed by atoms with Crippen LogP contribution in [0.1, 0.15) is 23.1 Å². The van der Waals surface area contributed by atoms with Crippen LogP contribution in [0, 0.1) is 13.8 Å². The minimum atomic E-state index is 0.798. The van der Waals surface area contributed by atoms with E-state index >= 15 is 0 Å². The second kappa shape index (κ2) is 11.4. The van der Waals surface area contributed by atoms with Crippen molar-refractivity contribution in [1.82, 2.24) is 4.57 Å². The maximum absolute atomic E-state index is 4.39. The molecular weight excluding hydrogens is 442 g/mol. The quantitative estimate of drug-likeness (QED) is 0.171. The van der Waals surface area contributed by atoms with Crippen LogP contribution in [0.15, 0.2) is 69.0 Å². The predicted molar refractivity (Wildman–Crippen MR) is 144 cm³/mol. The minimum Gasteiger partial charge on any atom is -0.366 e. The molecule has 0 fully saturated rings. The standard InChI is InChI=1S/C26H36N7S/c1-8-32(17-18-33(5,6)7)25-15-13-24(14-16-25)29-28-23-11-9-22(10-12-23)19-27-30-26-31(4)20(2)21(3)34-26/h9-16,19H,8,17-18H2,1-7H3/q+1/b27-19+,29-28?,30-26-. The Morgan fingerprint density at radius 2 is 1.53 bits per heavy atom. The molecule has 7 nitrogen and oxygen atoms in total. The van der Waals surface area contributed by atoms with E-state index in [9.17, 15) is 0 Å². The second-order valence-electron chi connectivity index (χ2n) is 9.33. The zero-order valence-corrected chi connectivity index (χ0v) is 22.2. The maximum atomic E-state index is 4.39. The monoisotopic (exact) mass is 478 g/mol. The van der Waals surface area contributed by atoms with Gasteiger partial charge >= 0.3 is 0 Å². The maximum Gasteiger partial charge on any atom is 0.210 e. The van der Waals surface area contributed by atoms with Crippen LogP contribution in [-0.2, 0) is 7.05 Å². The van der Waals surface area contributed by atoms with E-state index in [2.05, 4.69) is 83.9 Å². The third-order valence-corrected chi connectivity index (χ3v) is 6.85. The summed E-state index contributed by atoms with van der Waals surface area (Å²) in [6.45, 7) is 9.47. The Hall–Kier alpha value is -3.10. The van der Waals surface area contributed by atoms with Crippen LogP contribution in [0.5, 0.6) is 0 Å². The zero-order valence-electron chi connectivity index (χ0n) is 21.4. The number of rotatable bonds is 9. The first-order chi connectivity index (χ1) is 16.2. The Labute approximate surface area is 207 Å². The fourth-order valence-electron chi connectivity index (χ4n) is 3.25. The molecule has 180 valence electrons. The van der Waals surface area contributed by atoms with E-state index in [1.807, 2.05) is 43.4 Å². The van der Waals surface area contributed by atoms with Gasteiger partial charge in [0.05, 0.1) is 51.8 Å². The van der Waals surface area contributed by atoms with Crippen molar-refractivity contribution in [3.8, 4) is 0 Å². The number of benzene rings is 2. The van der Waals surface area contributed by atoms with Gasteiger partial charge in [0.2, 0.25) is 4.80 Å². The van der Waals surface area contributed by atoms with Crippen LogP contribution in [0.3, 0.4) is 0 Å². The molecule has 2 aromatic carbocycles. The average molecular weight is 479 g/mol. The van der Waals surface area contributed by atoms with Gasteiger partial charge in [0.15, 0.2) is 0 Å². The molecule has 0 bridgehead atoms. The van der Waals surface area contributed by atoms with Crippen LogP contribution in [0.2, 0.25) is 0 Å². The van der Waals surface area contributed by atoms with Crippen LogP contribution >= 0.6 is 11.3 Å². The topological polar surface area (TPSA) is 57.6 Å². The lowest BCUT2D eigenvalue weighted by Crippen LogP contribution is -2.42. The molecule has 3 aromatic rings. The highest BCUT2D eigenvalue weighted by Crippen LogP contribution is 2.22. The van der Waals surface area contributed by atoms with Crippen LogP contribution in [-0.4, -0.2) is 56.0 Å². The normalized spacial score (nSPS) is 12.9. The second-order valence-corrected chi connectivity index (χ2v) is 10.5. The first kappa shape index (κ1) is 25.5. The molecule has 0 N–H and O–H groups in total. The Morgan fingerprint density at radius 1 is 0.941 bits per heavy atom. The van der Waals surface area contributed by atoms with E-state index < -0.39 is 0 Å². The average Bonchev–Trinajstić information content (AvgIpc) is 3.05. The summed E-state index contributed by atoms with van der Waals surface area (Å²) in [7, 11) is 8.67. The molecule has 0 radical (unpaired) electrons. The molecule has 34 heavy (non-hydrogen) atoms. The van der Waals surface area contributed by atoms with E-state index in [0.29, 0.717) is 0 Å². The summed E-state index contributed by atoms with van der Waals surface area (Å²) < 4.78 is 3.01. The van der Waals surface area contributed by atoms with E-state index in [4.69, 9.17) is 0 Å². The number of hydrogen-bond donors (Lipinski definition) is 0. The van der Waals surface area contributed by atoms with Gasteiger partial charge in [-0.15, -0.1) is 16.4 Å². The summed E-state index contributed by atoms with van der Waals surface area (Å²) in [6.07, 6.45) is 1.75. The number of aromatic nitrogens is 1. The van der Waals surface area contributed by atoms with Crippen molar-refractivity contribution >= 4 is 34.6 Å². The van der Waals surface area contributed by atoms with Crippen molar-refractivity contribution in [2.45, 2.75) is 20.8 Å². The van der Waals surface area contributed by atoms with Gasteiger partial charge in [-0.2, -0.15) is 15.3 Å². The number of azo groups is 1. The van der Waals surface area contributed by atoms with Gasteiger partial charge < -0.3 is 14.0 Å². The van der Waals surface area contributed by atoms with Crippen LogP contribution in [0.25, 0.3) is 0 Å². The Morgan fingerprint density at radius 3 is 2.03 bits per heavy atom. The molecule has 0 aliphatic rings. The van der Waals surface area contributed by atoms with Crippen LogP contribution in [0.4, 0.5) is 17.1 Å². The minimum absolute atomic E-state index is 0.798. The summed E-state index contributed by atoms with van der Waals surface area (Å²) in [5.74, 6) is 0. The van der Waals surface area contributed by atoms with Crippen molar-refractivity contribution in [2.75, 3.05) is 45.7 Å². The fraction of sp³-hybridized carbons (Fsp3) is 0.385. The summed E-state index contributed by atoms with van der Waals surface area (Å²) in [6, 6.07) is 16.1. The molecule has 8 heteroatoms. The third-order valence-electron chi connectivity index (χ3n) is 5.71. The molecule has 0 aliphatic carbocycles. The lowest BCUT2D eigenvalue weighted by atomic mass is 10.2. The van der Waals surface area contributed by atoms with E-state index in [0.717, 1.165) is 45.9 Å². The lowest BCUT2D eigenvalue weighted by Gasteiger charge is -2.29. The van der Waals surface area contributed by atoms with Crippen molar-refractivity contribution in [3.05, 3.63) is 69.5 Å². The van der Waals surface area contributed by atoms with Crippen molar-refractivity contribution < 1.29 is 4.48 Å². The highest BCUT2D eigenvalue weighted by Gasteiger charge is 2.11. The summed E-state index contributed by atoms with van der Waals surface area (Å²) in [5, 5.41) is 17.3. The van der Waals surface area contributed by atoms with Crippen molar-refractivity contribution in [1.29, 1.82) is 0 Å². The number of nitrogens with zero attached hydrogens (tertiary/aromatic N) is 7. The molecule has 0 saturated carbocycles. The highest BCUT2D eigenvalue weighted by atomic mass is 32.1. The van der Waals surface area contributed by atoms with Crippen LogP contribution < -0.4 is 9.70 Å². The van der Waals surface area contributed by atoms with Gasteiger partial charge in [-0.05, 0) is 62.7 Å². The molecule has 0 aliphatic heterocycles. The molecule has 0 atom stereocenters. The molecule has 1 heterocycles. The Bertz CT molecular complexity index is 1190. The van der Waals surface area contributed by atoms with Crippen molar-refractivity contribution in [2.24, 2.45) is 27.5 Å². The first-order valence-corrected chi connectivity index (χ1v) is 12.4. The summed E-state index contributed by atoms with van der Waals surface area (Å²) in [5.41, 5.74) is 5.03. The molecule has 0 spiro atoms. The predicted octanol–water partition coefficient (Wildman–Crippen LogP) is 5.59. The van der Waals surface area contributed by atoms with E-state index in [1.165, 1.54) is 16.3 Å². The first-order valence-electron chi connectivity index (χ1n) is 11.5. The number of thiazole rings is 1. The highest BCUT2D eigenvalue weighted by molar-refractivity contribution is 7.09. The van der Waals surface area contributed by atoms with Gasteiger partial charge in [0.25, 0.3) is 0 Å². The summed E-state index contributed by atoms with van der Waals surface area (Å²) in [4.78, 5) is 4.53. The van der Waals surface area contributed by atoms with Gasteiger partial charge in [-0.3, -0.25) is 0 Å². The Kier molecular flexibility index (Phi) is 8.52. The number of likely N-dealkylation sites (N-methyl/N-ethyl adjacent to an activating group) is 2. The molecule has 3 rings (SSSR count). The molecular formula is C26H36N7S+. The number of anilines is 1. The molecule has 1 aromatic heterocycles. The molecule has 0 amide bonds. The number of quaternary nitrogens is 1. The van der Waals surface area contributed by atoms with Gasteiger partial charge in [0.1, 0.15) is 0 Å². The van der Waals surface area contributed by atoms with Crippen molar-refractivity contribution in [3.63, 3.8) is 0 Å². The largest absolute Gasteiger partial charge is 0.366 e. The van der Waals surface area contributed by atoms with E-state index in [1.54, 1.807) is 17.6 Å². The fourth-order valence-corrected chi connectivity index (χ4v) is 4.17. The smallest absolute Gasteiger partial charge is 0.210 e. The number of hydrogen-bond acceptors (Lipinski definition) is 6. The van der Waals surface area contributed by atoms with Gasteiger partial charge in [-0.1, -0.05) is 12.1 Å². The molecule has 0 saturated heterocycles. The third kappa shape index (κ3) is 7.20. The van der Waals surface area contributed by atoms with E-state index in [-0.39, 0.29) is 0 Å². The van der Waals surface area contributed by atoms with Gasteiger partial charge in [0, 0.05) is 29.9 Å². The zero-order chi connectivity index (χ0) is 24.7. The SMILES string of the molecule is CCN(CC[N+](C)(C)C)c1ccc(N=Nc2ccc(/C=N/N=c3\sc(C)c(C)n3C)cc2)cc1. The lowest BCUT2D eigenvalue weighted by molar-refractivity contribution is -0.868. The molecule has 0 unspecified atom stereocenters. The number of aryl methyl sites for hydroxylation is 1. The summed E-state index contributed by atoms with van der Waals surface area (Å²) >= 11 is 1.64. The van der Waals surface area contributed by atoms with Gasteiger partial charge in [-0.25, -0.2) is 0 Å².